The average Bonchev–Trinajstić information content (AvgIpc) is 2.34. The third-order valence-electron chi connectivity index (χ3n) is 2.50. The minimum Gasteiger partial charge on any atom is -0.437 e. The van der Waals surface area contributed by atoms with E-state index >= 15 is 0 Å². The molecule has 0 radical (unpaired) electrons. The first-order chi connectivity index (χ1) is 9.00. The Balaban J connectivity index is 2.44. The highest BCUT2D eigenvalue weighted by atomic mass is 35.5. The van der Waals surface area contributed by atoms with E-state index in [1.165, 1.54) is 6.33 Å². The van der Waals surface area contributed by atoms with Gasteiger partial charge in [-0.25, -0.2) is 9.97 Å². The van der Waals surface area contributed by atoms with Crippen molar-refractivity contribution in [1.82, 2.24) is 9.97 Å². The van der Waals surface area contributed by atoms with Gasteiger partial charge in [-0.05, 0) is 18.1 Å². The molecule has 0 atom stereocenters. The monoisotopic (exact) mass is 316 g/mol. The lowest BCUT2D eigenvalue weighted by Gasteiger charge is -2.14. The van der Waals surface area contributed by atoms with Crippen LogP contribution >= 0.6 is 34.8 Å². The van der Waals surface area contributed by atoms with Crippen LogP contribution in [0.25, 0.3) is 0 Å². The molecule has 0 aliphatic rings. The first kappa shape index (κ1) is 14.4. The van der Waals surface area contributed by atoms with Gasteiger partial charge in [0.25, 0.3) is 0 Å². The second-order valence-corrected chi connectivity index (χ2v) is 5.34. The fraction of sp³-hybridized carbons (Fsp3) is 0.231. The molecule has 0 saturated heterocycles. The van der Waals surface area contributed by atoms with Crippen molar-refractivity contribution < 1.29 is 4.74 Å². The summed E-state index contributed by atoms with van der Waals surface area (Å²) in [6, 6.07) is 5.16. The summed E-state index contributed by atoms with van der Waals surface area (Å²) in [6.07, 6.45) is 1.35. The van der Waals surface area contributed by atoms with Crippen molar-refractivity contribution in [2.45, 2.75) is 19.8 Å². The Labute approximate surface area is 126 Å². The number of ether oxygens (including phenoxy) is 1. The smallest absolute Gasteiger partial charge is 0.227 e. The van der Waals surface area contributed by atoms with Crippen molar-refractivity contribution in [2.75, 3.05) is 0 Å². The molecule has 0 N–H and O–H groups in total. The van der Waals surface area contributed by atoms with Crippen LogP contribution < -0.4 is 4.74 Å². The summed E-state index contributed by atoms with van der Waals surface area (Å²) in [7, 11) is 0. The SMILES string of the molecule is CC(C)c1c(Cl)ncnc1Oc1cccc(Cl)c1Cl. The molecule has 1 heterocycles. The van der Waals surface area contributed by atoms with E-state index in [1.807, 2.05) is 13.8 Å². The van der Waals surface area contributed by atoms with Crippen molar-refractivity contribution in [2.24, 2.45) is 0 Å². The zero-order chi connectivity index (χ0) is 14.0. The van der Waals surface area contributed by atoms with Crippen molar-refractivity contribution in [1.29, 1.82) is 0 Å². The molecule has 19 heavy (non-hydrogen) atoms. The zero-order valence-corrected chi connectivity index (χ0v) is 12.6. The predicted molar refractivity (Wildman–Crippen MR) is 77.7 cm³/mol. The van der Waals surface area contributed by atoms with E-state index in [1.54, 1.807) is 18.2 Å². The van der Waals surface area contributed by atoms with Gasteiger partial charge in [-0.1, -0.05) is 54.7 Å². The third kappa shape index (κ3) is 3.11. The molecule has 0 aliphatic heterocycles. The Morgan fingerprint density at radius 2 is 1.84 bits per heavy atom. The third-order valence-corrected chi connectivity index (χ3v) is 3.60. The number of benzene rings is 1. The van der Waals surface area contributed by atoms with Gasteiger partial charge >= 0.3 is 0 Å². The lowest BCUT2D eigenvalue weighted by Crippen LogP contribution is -2.00. The fourth-order valence-electron chi connectivity index (χ4n) is 1.59. The van der Waals surface area contributed by atoms with Crippen LogP contribution in [0.2, 0.25) is 15.2 Å². The van der Waals surface area contributed by atoms with Crippen molar-refractivity contribution >= 4 is 34.8 Å². The normalized spacial score (nSPS) is 10.8. The van der Waals surface area contributed by atoms with Crippen LogP contribution in [0, 0.1) is 0 Å². The maximum absolute atomic E-state index is 6.08. The number of nitrogens with zero attached hydrogens (tertiary/aromatic N) is 2. The quantitative estimate of drug-likeness (QED) is 0.715. The van der Waals surface area contributed by atoms with Gasteiger partial charge in [-0.15, -0.1) is 0 Å². The van der Waals surface area contributed by atoms with Crippen LogP contribution in [0.5, 0.6) is 11.6 Å². The van der Waals surface area contributed by atoms with E-state index in [9.17, 15) is 0 Å². The summed E-state index contributed by atoms with van der Waals surface area (Å²) in [5.74, 6) is 0.951. The number of aromatic nitrogens is 2. The summed E-state index contributed by atoms with van der Waals surface area (Å²) in [5, 5.41) is 1.14. The molecule has 0 bridgehead atoms. The molecule has 3 nitrogen and oxygen atoms in total. The first-order valence-corrected chi connectivity index (χ1v) is 6.76. The van der Waals surface area contributed by atoms with Crippen LogP contribution in [0.4, 0.5) is 0 Å². The van der Waals surface area contributed by atoms with E-state index in [4.69, 9.17) is 39.5 Å². The van der Waals surface area contributed by atoms with Gasteiger partial charge in [-0.3, -0.25) is 0 Å². The molecule has 0 saturated carbocycles. The molecule has 0 unspecified atom stereocenters. The van der Waals surface area contributed by atoms with Gasteiger partial charge in [0.05, 0.1) is 10.6 Å². The van der Waals surface area contributed by atoms with E-state index in [2.05, 4.69) is 9.97 Å². The van der Waals surface area contributed by atoms with Crippen LogP contribution in [0.1, 0.15) is 25.3 Å². The van der Waals surface area contributed by atoms with Gasteiger partial charge in [-0.2, -0.15) is 0 Å². The summed E-state index contributed by atoms with van der Waals surface area (Å²) in [4.78, 5) is 8.07. The average molecular weight is 318 g/mol. The minimum atomic E-state index is 0.127. The molecule has 0 fully saturated rings. The summed E-state index contributed by atoms with van der Waals surface area (Å²) in [6.45, 7) is 3.97. The van der Waals surface area contributed by atoms with E-state index in [-0.39, 0.29) is 5.92 Å². The van der Waals surface area contributed by atoms with E-state index in [0.29, 0.717) is 26.8 Å². The molecule has 1 aromatic carbocycles. The topological polar surface area (TPSA) is 35.0 Å². The van der Waals surface area contributed by atoms with Gasteiger partial charge in [0.15, 0.2) is 0 Å². The molecule has 6 heteroatoms. The second-order valence-electron chi connectivity index (χ2n) is 4.19. The Morgan fingerprint density at radius 3 is 2.53 bits per heavy atom. The Hall–Kier alpha value is -1.03. The lowest BCUT2D eigenvalue weighted by atomic mass is 10.1. The highest BCUT2D eigenvalue weighted by Crippen LogP contribution is 2.37. The lowest BCUT2D eigenvalue weighted by molar-refractivity contribution is 0.451. The zero-order valence-electron chi connectivity index (χ0n) is 10.3. The van der Waals surface area contributed by atoms with Crippen LogP contribution in [0.3, 0.4) is 0 Å². The predicted octanol–water partition coefficient (Wildman–Crippen LogP) is 5.35. The van der Waals surface area contributed by atoms with Gasteiger partial charge in [0.1, 0.15) is 22.3 Å². The van der Waals surface area contributed by atoms with Gasteiger partial charge < -0.3 is 4.74 Å². The van der Waals surface area contributed by atoms with Crippen LogP contribution in [-0.2, 0) is 0 Å². The number of hydrogen-bond donors (Lipinski definition) is 0. The Kier molecular flexibility index (Phi) is 4.50. The van der Waals surface area contributed by atoms with Crippen molar-refractivity contribution in [3.63, 3.8) is 0 Å². The van der Waals surface area contributed by atoms with Crippen molar-refractivity contribution in [3.05, 3.63) is 45.3 Å². The van der Waals surface area contributed by atoms with Crippen LogP contribution in [0.15, 0.2) is 24.5 Å². The fourth-order valence-corrected chi connectivity index (χ4v) is 2.27. The first-order valence-electron chi connectivity index (χ1n) is 5.63. The number of halogens is 3. The van der Waals surface area contributed by atoms with Crippen LogP contribution in [-0.4, -0.2) is 9.97 Å². The maximum Gasteiger partial charge on any atom is 0.227 e. The molecule has 100 valence electrons. The largest absolute Gasteiger partial charge is 0.437 e. The number of hydrogen-bond acceptors (Lipinski definition) is 3. The molecule has 2 rings (SSSR count). The standard InChI is InChI=1S/C13H11Cl3N2O/c1-7(2)10-12(16)17-6-18-13(10)19-9-5-3-4-8(14)11(9)15/h3-7H,1-2H3. The molecule has 2 aromatic rings. The maximum atomic E-state index is 6.08. The van der Waals surface area contributed by atoms with E-state index in [0.717, 1.165) is 5.56 Å². The molecule has 0 aliphatic carbocycles. The van der Waals surface area contributed by atoms with Crippen molar-refractivity contribution in [3.8, 4) is 11.6 Å². The Morgan fingerprint density at radius 1 is 1.11 bits per heavy atom. The highest BCUT2D eigenvalue weighted by molar-refractivity contribution is 6.42. The molecular formula is C13H11Cl3N2O. The molecule has 0 amide bonds. The van der Waals surface area contributed by atoms with Gasteiger partial charge in [0.2, 0.25) is 5.88 Å². The summed E-state index contributed by atoms with van der Waals surface area (Å²) < 4.78 is 5.71. The molecule has 1 aromatic heterocycles. The Bertz CT molecular complexity index is 602. The highest BCUT2D eigenvalue weighted by Gasteiger charge is 2.17. The van der Waals surface area contributed by atoms with Gasteiger partial charge in [0, 0.05) is 0 Å². The minimum absolute atomic E-state index is 0.127. The number of rotatable bonds is 3. The second kappa shape index (κ2) is 5.95. The molecular weight excluding hydrogens is 307 g/mol. The summed E-state index contributed by atoms with van der Waals surface area (Å²) in [5.41, 5.74) is 0.736. The summed E-state index contributed by atoms with van der Waals surface area (Å²) >= 11 is 18.1. The molecule has 0 spiro atoms. The van der Waals surface area contributed by atoms with E-state index < -0.39 is 0 Å².